The lowest BCUT2D eigenvalue weighted by Gasteiger charge is -2.41. The Balaban J connectivity index is 1.40. The first kappa shape index (κ1) is 24.6. The molecule has 1 unspecified atom stereocenters. The zero-order valence-corrected chi connectivity index (χ0v) is 21.0. The van der Waals surface area contributed by atoms with Gasteiger partial charge in [0, 0.05) is 35.6 Å². The van der Waals surface area contributed by atoms with Gasteiger partial charge in [-0.05, 0) is 88.5 Å². The average molecular weight is 472 g/mol. The number of carbonyl (C=O) groups excluding carboxylic acids is 2. The Labute approximate surface area is 201 Å². The van der Waals surface area contributed by atoms with Crippen molar-refractivity contribution in [2.75, 3.05) is 13.1 Å². The van der Waals surface area contributed by atoms with Crippen LogP contribution in [-0.2, 0) is 16.0 Å². The average Bonchev–Trinajstić information content (AvgIpc) is 3.13. The predicted octanol–water partition coefficient (Wildman–Crippen LogP) is 5.72. The van der Waals surface area contributed by atoms with Gasteiger partial charge in [-0.25, -0.2) is 9.18 Å². The first-order valence-electron chi connectivity index (χ1n) is 12.6. The molecule has 1 fully saturated rings. The molecule has 0 saturated heterocycles. The van der Waals surface area contributed by atoms with Gasteiger partial charge in [-0.2, -0.15) is 0 Å². The quantitative estimate of drug-likeness (QED) is 0.599. The molecule has 6 nitrogen and oxygen atoms in total. The number of halogens is 1. The van der Waals surface area contributed by atoms with Crippen molar-refractivity contribution < 1.29 is 18.7 Å². The van der Waals surface area contributed by atoms with E-state index in [1.54, 1.807) is 12.1 Å². The van der Waals surface area contributed by atoms with Gasteiger partial charge in [0.15, 0.2) is 0 Å². The van der Waals surface area contributed by atoms with Crippen LogP contribution in [0.2, 0.25) is 0 Å². The Morgan fingerprint density at radius 3 is 2.56 bits per heavy atom. The van der Waals surface area contributed by atoms with Gasteiger partial charge in [0.2, 0.25) is 5.91 Å². The first-order chi connectivity index (χ1) is 16.0. The molecule has 1 aromatic carbocycles. The molecule has 0 spiro atoms. The number of hydrogen-bond acceptors (Lipinski definition) is 3. The molecule has 1 aliphatic heterocycles. The van der Waals surface area contributed by atoms with Crippen molar-refractivity contribution in [2.45, 2.75) is 78.4 Å². The Kier molecular flexibility index (Phi) is 6.92. The molecule has 4 rings (SSSR count). The second-order valence-corrected chi connectivity index (χ2v) is 11.3. The summed E-state index contributed by atoms with van der Waals surface area (Å²) >= 11 is 0. The van der Waals surface area contributed by atoms with E-state index >= 15 is 0 Å². The van der Waals surface area contributed by atoms with Crippen LogP contribution in [0.4, 0.5) is 9.18 Å². The van der Waals surface area contributed by atoms with Crippen molar-refractivity contribution >= 4 is 22.9 Å². The third kappa shape index (κ3) is 5.23. The summed E-state index contributed by atoms with van der Waals surface area (Å²) in [5.41, 5.74) is 2.64. The smallest absolute Gasteiger partial charge is 0.407 e. The van der Waals surface area contributed by atoms with E-state index in [1.807, 2.05) is 20.8 Å². The third-order valence-electron chi connectivity index (χ3n) is 7.18. The van der Waals surface area contributed by atoms with Crippen LogP contribution in [0.5, 0.6) is 0 Å². The topological polar surface area (TPSA) is 74.4 Å². The van der Waals surface area contributed by atoms with Crippen LogP contribution in [-0.4, -0.2) is 40.6 Å². The molecule has 186 valence electrons. The number of amides is 2. The molecule has 2 amide bonds. The number of alkyl carbamates (subject to hydrolysis) is 1. The normalized spacial score (nSPS) is 23.1. The maximum atomic E-state index is 13.9. The monoisotopic (exact) mass is 471 g/mol. The van der Waals surface area contributed by atoms with Crippen molar-refractivity contribution in [3.63, 3.8) is 0 Å². The predicted molar refractivity (Wildman–Crippen MR) is 131 cm³/mol. The lowest BCUT2D eigenvalue weighted by Crippen LogP contribution is -2.46. The fourth-order valence-electron chi connectivity index (χ4n) is 5.62. The molecule has 1 saturated carbocycles. The zero-order valence-electron chi connectivity index (χ0n) is 21.0. The van der Waals surface area contributed by atoms with E-state index in [2.05, 4.69) is 29.0 Å². The summed E-state index contributed by atoms with van der Waals surface area (Å²) in [7, 11) is 0. The highest BCUT2D eigenvalue weighted by Crippen LogP contribution is 2.41. The molecule has 1 aromatic heterocycles. The standard InChI is InChI=1S/C27H38FN3O3/c1-16(2)24-23-20(21-14-19(28)10-11-22(21)30-23)12-13-31(24)25(32)18-8-6-17(7-9-18)15-29-26(33)34-27(3,4)5/h10-11,14,16-18,24,30H,6-9,12-13,15H2,1-5H3,(H,29,33). The molecule has 0 bridgehead atoms. The van der Waals surface area contributed by atoms with Gasteiger partial charge in [-0.1, -0.05) is 13.8 Å². The van der Waals surface area contributed by atoms with Crippen molar-refractivity contribution in [3.05, 3.63) is 35.3 Å². The Bertz CT molecular complexity index is 1050. The molecule has 7 heteroatoms. The van der Waals surface area contributed by atoms with Gasteiger partial charge in [0.05, 0.1) is 6.04 Å². The molecule has 34 heavy (non-hydrogen) atoms. The van der Waals surface area contributed by atoms with Crippen molar-refractivity contribution in [1.29, 1.82) is 0 Å². The van der Waals surface area contributed by atoms with E-state index in [4.69, 9.17) is 4.74 Å². The SMILES string of the molecule is CC(C)C1c2[nH]c3ccc(F)cc3c2CCN1C(=O)C1CCC(CNC(=O)OC(C)(C)C)CC1. The maximum absolute atomic E-state index is 13.9. The van der Waals surface area contributed by atoms with Crippen LogP contribution in [0.15, 0.2) is 18.2 Å². The van der Waals surface area contributed by atoms with Gasteiger partial charge in [-0.3, -0.25) is 4.79 Å². The minimum Gasteiger partial charge on any atom is -0.444 e. The molecule has 1 aliphatic carbocycles. The van der Waals surface area contributed by atoms with Crippen LogP contribution in [0.1, 0.15) is 77.6 Å². The number of H-pyrrole nitrogens is 1. The number of fused-ring (bicyclic) bond motifs is 3. The fourth-order valence-corrected chi connectivity index (χ4v) is 5.62. The lowest BCUT2D eigenvalue weighted by atomic mass is 9.80. The zero-order chi connectivity index (χ0) is 24.6. The molecule has 2 aromatic rings. The molecule has 2 aliphatic rings. The summed E-state index contributed by atoms with van der Waals surface area (Å²) in [4.78, 5) is 31.1. The summed E-state index contributed by atoms with van der Waals surface area (Å²) in [6, 6.07) is 4.84. The largest absolute Gasteiger partial charge is 0.444 e. The highest BCUT2D eigenvalue weighted by atomic mass is 19.1. The van der Waals surface area contributed by atoms with E-state index in [-0.39, 0.29) is 35.7 Å². The van der Waals surface area contributed by atoms with Crippen molar-refractivity contribution in [3.8, 4) is 0 Å². The number of nitrogens with zero attached hydrogens (tertiary/aromatic N) is 1. The van der Waals surface area contributed by atoms with E-state index in [9.17, 15) is 14.0 Å². The number of hydrogen-bond donors (Lipinski definition) is 2. The van der Waals surface area contributed by atoms with Gasteiger partial charge in [-0.15, -0.1) is 0 Å². The van der Waals surface area contributed by atoms with Crippen LogP contribution in [0, 0.1) is 23.6 Å². The van der Waals surface area contributed by atoms with Crippen molar-refractivity contribution in [1.82, 2.24) is 15.2 Å². The molecular formula is C27H38FN3O3. The van der Waals surface area contributed by atoms with Gasteiger partial charge >= 0.3 is 6.09 Å². The minimum absolute atomic E-state index is 0.0161. The molecule has 2 heterocycles. The second kappa shape index (κ2) is 9.59. The number of ether oxygens (including phenoxy) is 1. The number of aromatic nitrogens is 1. The molecule has 0 radical (unpaired) electrons. The third-order valence-corrected chi connectivity index (χ3v) is 7.18. The Morgan fingerprint density at radius 1 is 1.21 bits per heavy atom. The van der Waals surface area contributed by atoms with E-state index in [1.165, 1.54) is 6.07 Å². The summed E-state index contributed by atoms with van der Waals surface area (Å²) in [5, 5.41) is 3.81. The van der Waals surface area contributed by atoms with E-state index < -0.39 is 5.60 Å². The first-order valence-corrected chi connectivity index (χ1v) is 12.6. The van der Waals surface area contributed by atoms with Crippen LogP contribution in [0.3, 0.4) is 0 Å². The fraction of sp³-hybridized carbons (Fsp3) is 0.630. The number of nitrogens with one attached hydrogen (secondary N) is 2. The number of benzene rings is 1. The number of rotatable bonds is 4. The van der Waals surface area contributed by atoms with E-state index in [0.29, 0.717) is 19.0 Å². The second-order valence-electron chi connectivity index (χ2n) is 11.3. The van der Waals surface area contributed by atoms with Crippen molar-refractivity contribution in [2.24, 2.45) is 17.8 Å². The molecule has 2 N–H and O–H groups in total. The van der Waals surface area contributed by atoms with Gasteiger partial charge < -0.3 is 19.9 Å². The maximum Gasteiger partial charge on any atom is 0.407 e. The summed E-state index contributed by atoms with van der Waals surface area (Å²) < 4.78 is 19.2. The van der Waals surface area contributed by atoms with Gasteiger partial charge in [0.1, 0.15) is 11.4 Å². The van der Waals surface area contributed by atoms with Gasteiger partial charge in [0.25, 0.3) is 0 Å². The van der Waals surface area contributed by atoms with E-state index in [0.717, 1.165) is 54.3 Å². The molecule has 1 atom stereocenters. The Hall–Kier alpha value is -2.57. The highest BCUT2D eigenvalue weighted by Gasteiger charge is 2.38. The molecular weight excluding hydrogens is 433 g/mol. The number of carbonyl (C=O) groups is 2. The summed E-state index contributed by atoms with van der Waals surface area (Å²) in [6.45, 7) is 11.1. The summed E-state index contributed by atoms with van der Waals surface area (Å²) in [6.07, 6.45) is 3.87. The number of aromatic amines is 1. The minimum atomic E-state index is -0.505. The summed E-state index contributed by atoms with van der Waals surface area (Å²) in [5.74, 6) is 0.631. The Morgan fingerprint density at radius 2 is 1.91 bits per heavy atom. The van der Waals surface area contributed by atoms with Crippen LogP contribution >= 0.6 is 0 Å². The highest BCUT2D eigenvalue weighted by molar-refractivity contribution is 5.86. The van der Waals surface area contributed by atoms with Crippen LogP contribution < -0.4 is 5.32 Å². The lowest BCUT2D eigenvalue weighted by molar-refractivity contribution is -0.141. The van der Waals surface area contributed by atoms with Crippen LogP contribution in [0.25, 0.3) is 10.9 Å².